The van der Waals surface area contributed by atoms with E-state index in [2.05, 4.69) is 10.3 Å². The maximum absolute atomic E-state index is 14.8. The zero-order valence-electron chi connectivity index (χ0n) is 17.7. The van der Waals surface area contributed by atoms with Crippen LogP contribution < -0.4 is 11.1 Å². The molecule has 32 heavy (non-hydrogen) atoms. The van der Waals surface area contributed by atoms with E-state index in [-0.39, 0.29) is 23.6 Å². The second-order valence-electron chi connectivity index (χ2n) is 8.02. The fourth-order valence-electron chi connectivity index (χ4n) is 4.13. The predicted molar refractivity (Wildman–Crippen MR) is 120 cm³/mol. The summed E-state index contributed by atoms with van der Waals surface area (Å²) in [6.07, 6.45) is 7.17. The summed E-state index contributed by atoms with van der Waals surface area (Å²) in [7, 11) is 0. The van der Waals surface area contributed by atoms with Crippen molar-refractivity contribution in [1.82, 2.24) is 10.3 Å². The minimum atomic E-state index is -0.820. The molecule has 168 valence electrons. The van der Waals surface area contributed by atoms with Gasteiger partial charge in [-0.25, -0.2) is 13.2 Å². The van der Waals surface area contributed by atoms with Crippen LogP contribution in [0.1, 0.15) is 35.6 Å². The highest BCUT2D eigenvalue weighted by atomic mass is 19.1. The van der Waals surface area contributed by atoms with Crippen molar-refractivity contribution in [3.63, 3.8) is 0 Å². The number of rotatable bonds is 7. The first kappa shape index (κ1) is 22.5. The zero-order valence-corrected chi connectivity index (χ0v) is 17.7. The van der Waals surface area contributed by atoms with Crippen molar-refractivity contribution in [1.29, 1.82) is 0 Å². The second kappa shape index (κ2) is 10.3. The maximum atomic E-state index is 14.8. The summed E-state index contributed by atoms with van der Waals surface area (Å²) in [6, 6.07) is 7.65. The highest BCUT2D eigenvalue weighted by molar-refractivity contribution is 5.82. The number of ether oxygens (including phenoxy) is 1. The van der Waals surface area contributed by atoms with Gasteiger partial charge in [0.2, 0.25) is 0 Å². The third-order valence-electron chi connectivity index (χ3n) is 5.75. The highest BCUT2D eigenvalue weighted by Crippen LogP contribution is 2.29. The number of fused-ring (bicyclic) bond motifs is 1. The Labute approximate surface area is 185 Å². The van der Waals surface area contributed by atoms with Gasteiger partial charge in [-0.3, -0.25) is 4.98 Å². The second-order valence-corrected chi connectivity index (χ2v) is 8.02. The smallest absolute Gasteiger partial charge is 0.130 e. The number of hydrogen-bond acceptors (Lipinski definition) is 4. The van der Waals surface area contributed by atoms with E-state index in [4.69, 9.17) is 10.5 Å². The van der Waals surface area contributed by atoms with Crippen LogP contribution in [0.15, 0.2) is 48.7 Å². The average Bonchev–Trinajstić information content (AvgIpc) is 2.80. The SMILES string of the molecule is N[C@@H](Cc1ccnc2ccc(F)cc12)c1c(F)ccc(F)c1C=CCN[C@@H]1CCCOC1. The Morgan fingerprint density at radius 1 is 1.16 bits per heavy atom. The normalized spacial score (nSPS) is 17.8. The Morgan fingerprint density at radius 2 is 2.00 bits per heavy atom. The lowest BCUT2D eigenvalue weighted by atomic mass is 9.93. The standard InChI is InChI=1S/C25H26F3N3O/c26-17-5-8-24-20(14-17)16(9-11-31-24)13-23(29)25-19(21(27)6-7-22(25)28)4-1-10-30-18-3-2-12-32-15-18/h1,4-9,11,14,18,23,30H,2-3,10,12-13,15,29H2/t18-,23+/m1/s1. The van der Waals surface area contributed by atoms with E-state index in [1.807, 2.05) is 0 Å². The highest BCUT2D eigenvalue weighted by Gasteiger charge is 2.20. The van der Waals surface area contributed by atoms with Gasteiger partial charge in [-0.05, 0) is 61.2 Å². The van der Waals surface area contributed by atoms with Crippen molar-refractivity contribution in [2.24, 2.45) is 5.73 Å². The van der Waals surface area contributed by atoms with Crippen molar-refractivity contribution < 1.29 is 17.9 Å². The van der Waals surface area contributed by atoms with Gasteiger partial charge in [0.1, 0.15) is 17.5 Å². The molecule has 7 heteroatoms. The molecule has 0 radical (unpaired) electrons. The van der Waals surface area contributed by atoms with Crippen molar-refractivity contribution >= 4 is 17.0 Å². The molecule has 2 heterocycles. The topological polar surface area (TPSA) is 60.2 Å². The number of aromatic nitrogens is 1. The summed E-state index contributed by atoms with van der Waals surface area (Å²) in [5.74, 6) is -1.51. The number of hydrogen-bond donors (Lipinski definition) is 2. The molecule has 2 atom stereocenters. The molecule has 1 aliphatic rings. The van der Waals surface area contributed by atoms with Crippen LogP contribution >= 0.6 is 0 Å². The quantitative estimate of drug-likeness (QED) is 0.559. The fourth-order valence-corrected chi connectivity index (χ4v) is 4.13. The lowest BCUT2D eigenvalue weighted by Crippen LogP contribution is -2.36. The minimum Gasteiger partial charge on any atom is -0.380 e. The minimum absolute atomic E-state index is 0.101. The first-order valence-corrected chi connectivity index (χ1v) is 10.8. The van der Waals surface area contributed by atoms with Gasteiger partial charge >= 0.3 is 0 Å². The van der Waals surface area contributed by atoms with Crippen molar-refractivity contribution in [2.75, 3.05) is 19.8 Å². The van der Waals surface area contributed by atoms with E-state index in [1.165, 1.54) is 12.1 Å². The number of nitrogens with one attached hydrogen (secondary N) is 1. The van der Waals surface area contributed by atoms with Gasteiger partial charge in [0.05, 0.1) is 12.1 Å². The molecule has 0 amide bonds. The predicted octanol–water partition coefficient (Wildman–Crippen LogP) is 4.68. The number of benzene rings is 2. The van der Waals surface area contributed by atoms with E-state index in [9.17, 15) is 13.2 Å². The van der Waals surface area contributed by atoms with Crippen molar-refractivity contribution in [3.8, 4) is 0 Å². The first-order chi connectivity index (χ1) is 15.5. The molecule has 0 bridgehead atoms. The molecule has 0 aliphatic carbocycles. The fraction of sp³-hybridized carbons (Fsp3) is 0.320. The van der Waals surface area contributed by atoms with Gasteiger partial charge < -0.3 is 15.8 Å². The number of halogens is 3. The molecule has 2 aromatic carbocycles. The van der Waals surface area contributed by atoms with Crippen LogP contribution in [0.4, 0.5) is 13.2 Å². The maximum Gasteiger partial charge on any atom is 0.130 e. The third-order valence-corrected chi connectivity index (χ3v) is 5.75. The first-order valence-electron chi connectivity index (χ1n) is 10.8. The third kappa shape index (κ3) is 5.18. The monoisotopic (exact) mass is 441 g/mol. The van der Waals surface area contributed by atoms with Gasteiger partial charge in [-0.15, -0.1) is 0 Å². The van der Waals surface area contributed by atoms with E-state index in [1.54, 1.807) is 30.5 Å². The van der Waals surface area contributed by atoms with Gasteiger partial charge in [0, 0.05) is 47.9 Å². The summed E-state index contributed by atoms with van der Waals surface area (Å²) in [4.78, 5) is 4.23. The molecule has 1 saturated heterocycles. The molecule has 0 unspecified atom stereocenters. The van der Waals surface area contributed by atoms with Crippen LogP contribution in [-0.2, 0) is 11.2 Å². The van der Waals surface area contributed by atoms with Crippen LogP contribution in [0.5, 0.6) is 0 Å². The Hall–Kier alpha value is -2.74. The van der Waals surface area contributed by atoms with E-state index in [0.29, 0.717) is 24.1 Å². The Balaban J connectivity index is 1.56. The van der Waals surface area contributed by atoms with Crippen LogP contribution in [0.3, 0.4) is 0 Å². The lowest BCUT2D eigenvalue weighted by molar-refractivity contribution is 0.0717. The lowest BCUT2D eigenvalue weighted by Gasteiger charge is -2.22. The Morgan fingerprint density at radius 3 is 2.81 bits per heavy atom. The molecule has 0 spiro atoms. The number of nitrogens with two attached hydrogens (primary N) is 1. The zero-order chi connectivity index (χ0) is 22.5. The van der Waals surface area contributed by atoms with E-state index < -0.39 is 23.5 Å². The van der Waals surface area contributed by atoms with Gasteiger partial charge in [0.15, 0.2) is 0 Å². The average molecular weight is 441 g/mol. The number of pyridine rings is 1. The summed E-state index contributed by atoms with van der Waals surface area (Å²) >= 11 is 0. The molecule has 3 aromatic rings. The van der Waals surface area contributed by atoms with Crippen molar-refractivity contribution in [3.05, 3.63) is 82.8 Å². The molecule has 1 aromatic heterocycles. The summed E-state index contributed by atoms with van der Waals surface area (Å²) in [6.45, 7) is 1.94. The summed E-state index contributed by atoms with van der Waals surface area (Å²) in [5.41, 5.74) is 7.93. The molecular weight excluding hydrogens is 415 g/mol. The van der Waals surface area contributed by atoms with Crippen LogP contribution in [0, 0.1) is 17.5 Å². The van der Waals surface area contributed by atoms with Gasteiger partial charge in [-0.1, -0.05) is 12.2 Å². The molecule has 1 fully saturated rings. The van der Waals surface area contributed by atoms with Crippen LogP contribution in [0.2, 0.25) is 0 Å². The molecule has 4 rings (SSSR count). The molecule has 4 nitrogen and oxygen atoms in total. The van der Waals surface area contributed by atoms with Crippen LogP contribution in [-0.4, -0.2) is 30.8 Å². The van der Waals surface area contributed by atoms with E-state index in [0.717, 1.165) is 37.1 Å². The molecular formula is C25H26F3N3O. The van der Waals surface area contributed by atoms with Crippen LogP contribution in [0.25, 0.3) is 17.0 Å². The molecule has 3 N–H and O–H groups in total. The van der Waals surface area contributed by atoms with Gasteiger partial charge in [0.25, 0.3) is 0 Å². The number of nitrogens with zero attached hydrogens (tertiary/aromatic N) is 1. The van der Waals surface area contributed by atoms with E-state index >= 15 is 0 Å². The summed E-state index contributed by atoms with van der Waals surface area (Å²) in [5, 5.41) is 3.95. The summed E-state index contributed by atoms with van der Waals surface area (Å²) < 4.78 is 48.6. The molecule has 0 saturated carbocycles. The van der Waals surface area contributed by atoms with Crippen molar-refractivity contribution in [2.45, 2.75) is 31.3 Å². The largest absolute Gasteiger partial charge is 0.380 e. The Bertz CT molecular complexity index is 1110. The Kier molecular flexibility index (Phi) is 7.19. The van der Waals surface area contributed by atoms with Gasteiger partial charge in [-0.2, -0.15) is 0 Å². The molecule has 1 aliphatic heterocycles.